The monoisotopic (exact) mass is 461 g/mol. The van der Waals surface area contributed by atoms with Crippen molar-refractivity contribution >= 4 is 28.6 Å². The van der Waals surface area contributed by atoms with E-state index in [0.29, 0.717) is 17.6 Å². The molecular weight excluding hydrogens is 441 g/mol. The average Bonchev–Trinajstić information content (AvgIpc) is 2.86. The quantitative estimate of drug-likeness (QED) is 0.402. The molecule has 0 radical (unpaired) electrons. The Kier molecular flexibility index (Phi) is 6.63. The molecule has 34 heavy (non-hydrogen) atoms. The first kappa shape index (κ1) is 22.7. The molecule has 0 atom stereocenters. The first-order valence-electron chi connectivity index (χ1n) is 10.3. The van der Waals surface area contributed by atoms with Gasteiger partial charge < -0.3 is 19.9 Å². The zero-order chi connectivity index (χ0) is 24.1. The molecule has 0 fully saturated rings. The number of aromatic hydroxyl groups is 1. The van der Waals surface area contributed by atoms with Gasteiger partial charge >= 0.3 is 5.97 Å². The van der Waals surface area contributed by atoms with Gasteiger partial charge in [-0.05, 0) is 47.9 Å². The maximum atomic E-state index is 13.2. The van der Waals surface area contributed by atoms with E-state index in [9.17, 15) is 19.1 Å². The summed E-state index contributed by atoms with van der Waals surface area (Å²) in [6.07, 6.45) is 1.95. The molecule has 2 heterocycles. The fraction of sp³-hybridized carbons (Fsp3) is 0.120. The summed E-state index contributed by atoms with van der Waals surface area (Å²) in [7, 11) is 1.15. The molecule has 2 aromatic heterocycles. The number of hydrogen-bond acceptors (Lipinski definition) is 7. The fourth-order valence-electron chi connectivity index (χ4n) is 3.32. The highest BCUT2D eigenvalue weighted by Crippen LogP contribution is 2.32. The highest BCUT2D eigenvalue weighted by atomic mass is 19.1. The van der Waals surface area contributed by atoms with Crippen molar-refractivity contribution in [3.63, 3.8) is 0 Å². The van der Waals surface area contributed by atoms with Gasteiger partial charge in [-0.2, -0.15) is 0 Å². The number of ether oxygens (including phenoxy) is 2. The van der Waals surface area contributed by atoms with Crippen molar-refractivity contribution in [1.82, 2.24) is 9.97 Å². The van der Waals surface area contributed by atoms with E-state index in [1.807, 2.05) is 6.07 Å². The Morgan fingerprint density at radius 1 is 1.06 bits per heavy atom. The predicted molar refractivity (Wildman–Crippen MR) is 122 cm³/mol. The molecule has 0 aliphatic rings. The van der Waals surface area contributed by atoms with Crippen LogP contribution in [0.4, 0.5) is 10.2 Å². The van der Waals surface area contributed by atoms with Crippen molar-refractivity contribution in [2.45, 2.75) is 6.42 Å². The summed E-state index contributed by atoms with van der Waals surface area (Å²) in [5.74, 6) is -1.68. The number of benzene rings is 2. The molecule has 0 bridgehead atoms. The van der Waals surface area contributed by atoms with Gasteiger partial charge in [-0.25, -0.2) is 14.2 Å². The number of hydrogen-bond donors (Lipinski definition) is 2. The van der Waals surface area contributed by atoms with Crippen LogP contribution in [0.1, 0.15) is 21.6 Å². The van der Waals surface area contributed by atoms with Crippen LogP contribution in [0.25, 0.3) is 10.9 Å². The van der Waals surface area contributed by atoms with E-state index < -0.39 is 17.6 Å². The molecule has 0 unspecified atom stereocenters. The molecule has 2 N–H and O–H groups in total. The second-order valence-corrected chi connectivity index (χ2v) is 7.34. The van der Waals surface area contributed by atoms with Crippen LogP contribution in [-0.4, -0.2) is 40.7 Å². The Morgan fingerprint density at radius 3 is 2.50 bits per heavy atom. The largest absolute Gasteiger partial charge is 0.504 e. The molecule has 1 amide bonds. The lowest BCUT2D eigenvalue weighted by Gasteiger charge is -2.13. The van der Waals surface area contributed by atoms with Crippen LogP contribution in [0, 0.1) is 5.82 Å². The Hall–Kier alpha value is -4.53. The average molecular weight is 461 g/mol. The fourth-order valence-corrected chi connectivity index (χ4v) is 3.32. The van der Waals surface area contributed by atoms with Gasteiger partial charge in [-0.3, -0.25) is 9.78 Å². The molecule has 8 nitrogen and oxygen atoms in total. The van der Waals surface area contributed by atoms with Crippen molar-refractivity contribution in [1.29, 1.82) is 0 Å². The maximum Gasteiger partial charge on any atom is 0.360 e. The zero-order valence-electron chi connectivity index (χ0n) is 18.1. The number of methoxy groups -OCH3 is 1. The lowest BCUT2D eigenvalue weighted by Crippen LogP contribution is -2.22. The van der Waals surface area contributed by atoms with E-state index in [4.69, 9.17) is 4.74 Å². The number of nitrogens with one attached hydrogen (secondary N) is 1. The number of rotatable bonds is 7. The van der Waals surface area contributed by atoms with Crippen LogP contribution >= 0.6 is 0 Å². The number of anilines is 1. The molecule has 0 aliphatic heterocycles. The number of para-hydroxylation sites is 1. The normalized spacial score (nSPS) is 10.6. The van der Waals surface area contributed by atoms with Crippen LogP contribution in [-0.2, 0) is 16.0 Å². The minimum atomic E-state index is -0.882. The highest BCUT2D eigenvalue weighted by Gasteiger charge is 2.22. The van der Waals surface area contributed by atoms with Crippen LogP contribution < -0.4 is 10.1 Å². The molecule has 0 spiro atoms. The van der Waals surface area contributed by atoms with E-state index in [1.54, 1.807) is 42.5 Å². The minimum absolute atomic E-state index is 0.0170. The minimum Gasteiger partial charge on any atom is -0.504 e. The molecular formula is C25H20FN3O5. The number of fused-ring (bicyclic) bond motifs is 1. The number of aromatic nitrogens is 2. The third-order valence-corrected chi connectivity index (χ3v) is 4.94. The van der Waals surface area contributed by atoms with E-state index in [0.717, 1.165) is 18.2 Å². The van der Waals surface area contributed by atoms with Crippen molar-refractivity contribution < 1.29 is 28.6 Å². The van der Waals surface area contributed by atoms with Crippen molar-refractivity contribution in [3.05, 3.63) is 89.5 Å². The molecule has 9 heteroatoms. The number of esters is 1. The summed E-state index contributed by atoms with van der Waals surface area (Å²) >= 11 is 0. The summed E-state index contributed by atoms with van der Waals surface area (Å²) in [5.41, 5.74) is 1.25. The first-order chi connectivity index (χ1) is 16.4. The number of nitrogens with zero attached hydrogens (tertiary/aromatic N) is 2. The lowest BCUT2D eigenvalue weighted by molar-refractivity contribution is -0.118. The van der Waals surface area contributed by atoms with Gasteiger partial charge in [0.1, 0.15) is 22.9 Å². The van der Waals surface area contributed by atoms with Gasteiger partial charge in [-0.1, -0.05) is 30.3 Å². The van der Waals surface area contributed by atoms with Crippen LogP contribution in [0.5, 0.6) is 11.5 Å². The molecule has 2 aromatic carbocycles. The third-order valence-electron chi connectivity index (χ3n) is 4.94. The summed E-state index contributed by atoms with van der Waals surface area (Å²) in [6.45, 7) is -0.301. The van der Waals surface area contributed by atoms with Crippen LogP contribution in [0.15, 0.2) is 66.9 Å². The van der Waals surface area contributed by atoms with Gasteiger partial charge in [0.15, 0.2) is 18.1 Å². The van der Waals surface area contributed by atoms with Crippen LogP contribution in [0.2, 0.25) is 0 Å². The van der Waals surface area contributed by atoms with Gasteiger partial charge in [-0.15, -0.1) is 0 Å². The number of carbonyl (C=O) groups excluding carboxylic acids is 2. The summed E-state index contributed by atoms with van der Waals surface area (Å²) in [4.78, 5) is 33.1. The Labute approximate surface area is 194 Å². The number of halogens is 1. The van der Waals surface area contributed by atoms with Gasteiger partial charge in [0.2, 0.25) is 0 Å². The summed E-state index contributed by atoms with van der Waals surface area (Å²) < 4.78 is 23.4. The van der Waals surface area contributed by atoms with Crippen molar-refractivity contribution in [2.75, 3.05) is 19.0 Å². The van der Waals surface area contributed by atoms with Gasteiger partial charge in [0.25, 0.3) is 5.91 Å². The third kappa shape index (κ3) is 5.09. The number of pyridine rings is 2. The molecule has 0 aliphatic carbocycles. The Bertz CT molecular complexity index is 1340. The van der Waals surface area contributed by atoms with E-state index in [1.165, 1.54) is 18.3 Å². The molecule has 0 saturated heterocycles. The summed E-state index contributed by atoms with van der Waals surface area (Å²) in [6, 6.07) is 16.5. The van der Waals surface area contributed by atoms with Gasteiger partial charge in [0.05, 0.1) is 7.11 Å². The zero-order valence-corrected chi connectivity index (χ0v) is 18.1. The van der Waals surface area contributed by atoms with Gasteiger partial charge in [0, 0.05) is 11.6 Å². The van der Waals surface area contributed by atoms with E-state index in [2.05, 4.69) is 20.0 Å². The highest BCUT2D eigenvalue weighted by molar-refractivity contribution is 6.05. The Morgan fingerprint density at radius 2 is 1.79 bits per heavy atom. The number of amides is 1. The summed E-state index contributed by atoms with van der Waals surface area (Å²) in [5, 5.41) is 13.5. The second kappa shape index (κ2) is 9.95. The van der Waals surface area contributed by atoms with E-state index >= 15 is 0 Å². The lowest BCUT2D eigenvalue weighted by atomic mass is 10.0. The maximum absolute atomic E-state index is 13.2. The molecule has 4 rings (SSSR count). The smallest absolute Gasteiger partial charge is 0.360 e. The first-order valence-corrected chi connectivity index (χ1v) is 10.3. The molecule has 0 saturated carbocycles. The van der Waals surface area contributed by atoms with Crippen molar-refractivity contribution in [2.24, 2.45) is 0 Å². The molecule has 4 aromatic rings. The second-order valence-electron chi connectivity index (χ2n) is 7.34. The van der Waals surface area contributed by atoms with Crippen LogP contribution in [0.3, 0.4) is 0 Å². The van der Waals surface area contributed by atoms with E-state index in [-0.39, 0.29) is 29.5 Å². The molecule has 172 valence electrons. The standard InChI is InChI=1S/C25H20FN3O5/c1-33-25(32)22-23(31)21-19(12-16(13-27-21)11-15-7-9-17(26)10-8-15)24(29-22)28-20(30)14-34-18-5-3-2-4-6-18/h2-10,12-13,31H,11,14H2,1H3,(H,28,29,30). The predicted octanol–water partition coefficient (Wildman–Crippen LogP) is 3.87. The SMILES string of the molecule is COC(=O)c1nc(NC(=O)COc2ccccc2)c2cc(Cc3ccc(F)cc3)cnc2c1O. The topological polar surface area (TPSA) is 111 Å². The van der Waals surface area contributed by atoms with Crippen molar-refractivity contribution in [3.8, 4) is 11.5 Å². The Balaban J connectivity index is 1.67. The number of carbonyl (C=O) groups is 2.